The first kappa shape index (κ1) is 18.6. The van der Waals surface area contributed by atoms with Crippen molar-refractivity contribution in [1.82, 2.24) is 9.97 Å². The van der Waals surface area contributed by atoms with Gasteiger partial charge in [0.1, 0.15) is 0 Å². The maximum Gasteiger partial charge on any atom is 0.311 e. The van der Waals surface area contributed by atoms with Crippen molar-refractivity contribution in [3.63, 3.8) is 0 Å². The van der Waals surface area contributed by atoms with E-state index in [1.165, 1.54) is 23.9 Å². The molecule has 0 radical (unpaired) electrons. The van der Waals surface area contributed by atoms with Crippen molar-refractivity contribution < 1.29 is 9.53 Å². The number of carbonyl (C=O) groups excluding carboxylic acids is 1. The average molecular weight is 393 g/mol. The molecule has 0 atom stereocenters. The smallest absolute Gasteiger partial charge is 0.311 e. The molecule has 5 heteroatoms. The lowest BCUT2D eigenvalue weighted by molar-refractivity contribution is -0.139. The molecule has 0 N–H and O–H groups in total. The van der Waals surface area contributed by atoms with Crippen LogP contribution >= 0.6 is 11.6 Å². The predicted molar refractivity (Wildman–Crippen MR) is 109 cm³/mol. The molecule has 1 aromatic carbocycles. The largest absolute Gasteiger partial charge is 0.469 e. The number of nitrogens with zero attached hydrogens (tertiary/aromatic N) is 2. The van der Waals surface area contributed by atoms with Gasteiger partial charge in [0.2, 0.25) is 0 Å². The Bertz CT molecular complexity index is 1020. The Hall–Kier alpha value is -2.72. The van der Waals surface area contributed by atoms with Gasteiger partial charge in [-0.05, 0) is 66.6 Å². The van der Waals surface area contributed by atoms with E-state index in [2.05, 4.69) is 11.1 Å². The van der Waals surface area contributed by atoms with E-state index in [4.69, 9.17) is 21.3 Å². The molecule has 2 aromatic heterocycles. The van der Waals surface area contributed by atoms with Gasteiger partial charge in [-0.1, -0.05) is 29.8 Å². The second-order valence-corrected chi connectivity index (χ2v) is 7.48. The van der Waals surface area contributed by atoms with Crippen LogP contribution in [0.25, 0.3) is 11.3 Å². The highest BCUT2D eigenvalue weighted by Crippen LogP contribution is 2.31. The standard InChI is InChI=1S/C23H21ClN2O2/c1-28-23(27)13-19-9-8-15(14-25-19)10-17-12-22(16-4-2-5-18(24)11-16)26-21-7-3-6-20(17)21/h2,4-5,8-9,11-12,14H,3,6-7,10,13H2,1H3. The zero-order valence-electron chi connectivity index (χ0n) is 15.7. The molecule has 0 aliphatic heterocycles. The first-order valence-corrected chi connectivity index (χ1v) is 9.78. The van der Waals surface area contributed by atoms with Crippen LogP contribution in [0.3, 0.4) is 0 Å². The van der Waals surface area contributed by atoms with Crippen molar-refractivity contribution in [2.75, 3.05) is 7.11 Å². The molecular weight excluding hydrogens is 372 g/mol. The molecule has 3 aromatic rings. The van der Waals surface area contributed by atoms with E-state index >= 15 is 0 Å². The maximum atomic E-state index is 11.4. The average Bonchev–Trinajstić information content (AvgIpc) is 3.18. The lowest BCUT2D eigenvalue weighted by atomic mass is 9.98. The number of aromatic nitrogens is 2. The lowest BCUT2D eigenvalue weighted by Crippen LogP contribution is -2.06. The van der Waals surface area contributed by atoms with Gasteiger partial charge in [0, 0.05) is 22.5 Å². The molecule has 0 fully saturated rings. The summed E-state index contributed by atoms with van der Waals surface area (Å²) in [4.78, 5) is 20.7. The molecule has 1 aliphatic rings. The molecule has 0 saturated heterocycles. The quantitative estimate of drug-likeness (QED) is 0.596. The van der Waals surface area contributed by atoms with E-state index in [-0.39, 0.29) is 12.4 Å². The number of fused-ring (bicyclic) bond motifs is 1. The van der Waals surface area contributed by atoms with Crippen molar-refractivity contribution in [2.45, 2.75) is 32.1 Å². The van der Waals surface area contributed by atoms with E-state index in [0.717, 1.165) is 48.2 Å². The molecule has 28 heavy (non-hydrogen) atoms. The maximum absolute atomic E-state index is 11.4. The van der Waals surface area contributed by atoms with Crippen LogP contribution in [-0.4, -0.2) is 23.0 Å². The Kier molecular flexibility index (Phi) is 5.40. The van der Waals surface area contributed by atoms with E-state index in [9.17, 15) is 4.79 Å². The van der Waals surface area contributed by atoms with Crippen LogP contribution in [0.15, 0.2) is 48.7 Å². The summed E-state index contributed by atoms with van der Waals surface area (Å²) in [6, 6.07) is 13.9. The fraction of sp³-hybridized carbons (Fsp3) is 0.261. The Morgan fingerprint density at radius 2 is 2.07 bits per heavy atom. The molecule has 0 unspecified atom stereocenters. The lowest BCUT2D eigenvalue weighted by Gasteiger charge is -2.12. The zero-order chi connectivity index (χ0) is 19.5. The number of hydrogen-bond donors (Lipinski definition) is 0. The monoisotopic (exact) mass is 392 g/mol. The number of pyridine rings is 2. The van der Waals surface area contributed by atoms with E-state index < -0.39 is 0 Å². The second-order valence-electron chi connectivity index (χ2n) is 7.04. The summed E-state index contributed by atoms with van der Waals surface area (Å²) in [7, 11) is 1.39. The third kappa shape index (κ3) is 4.07. The van der Waals surface area contributed by atoms with Gasteiger partial charge in [-0.3, -0.25) is 14.8 Å². The molecule has 0 bridgehead atoms. The first-order valence-electron chi connectivity index (χ1n) is 9.40. The normalized spacial score (nSPS) is 12.6. The van der Waals surface area contributed by atoms with Crippen LogP contribution in [-0.2, 0) is 35.2 Å². The molecule has 0 spiro atoms. The fourth-order valence-corrected chi connectivity index (χ4v) is 3.87. The van der Waals surface area contributed by atoms with Gasteiger partial charge in [-0.2, -0.15) is 0 Å². The van der Waals surface area contributed by atoms with Crippen molar-refractivity contribution in [3.8, 4) is 11.3 Å². The van der Waals surface area contributed by atoms with Gasteiger partial charge in [0.05, 0.1) is 24.9 Å². The minimum atomic E-state index is -0.279. The van der Waals surface area contributed by atoms with Crippen LogP contribution in [0, 0.1) is 0 Å². The minimum absolute atomic E-state index is 0.195. The van der Waals surface area contributed by atoms with Crippen LogP contribution in [0.1, 0.15) is 34.5 Å². The van der Waals surface area contributed by atoms with Gasteiger partial charge in [-0.15, -0.1) is 0 Å². The number of esters is 1. The highest BCUT2D eigenvalue weighted by molar-refractivity contribution is 6.30. The van der Waals surface area contributed by atoms with Gasteiger partial charge >= 0.3 is 5.97 Å². The van der Waals surface area contributed by atoms with Gasteiger partial charge in [0.25, 0.3) is 0 Å². The van der Waals surface area contributed by atoms with Crippen LogP contribution in [0.4, 0.5) is 0 Å². The molecule has 0 saturated carbocycles. The summed E-state index contributed by atoms with van der Waals surface area (Å²) in [6.07, 6.45) is 6.07. The summed E-state index contributed by atoms with van der Waals surface area (Å²) in [6.45, 7) is 0. The highest BCUT2D eigenvalue weighted by Gasteiger charge is 2.19. The summed E-state index contributed by atoms with van der Waals surface area (Å²) < 4.78 is 4.70. The first-order chi connectivity index (χ1) is 13.6. The summed E-state index contributed by atoms with van der Waals surface area (Å²) in [5.74, 6) is -0.279. The summed E-state index contributed by atoms with van der Waals surface area (Å²) in [5, 5.41) is 0.715. The number of aryl methyl sites for hydroxylation is 1. The molecule has 2 heterocycles. The number of carbonyl (C=O) groups is 1. The summed E-state index contributed by atoms with van der Waals surface area (Å²) >= 11 is 6.17. The van der Waals surface area contributed by atoms with Gasteiger partial charge in [-0.25, -0.2) is 0 Å². The topological polar surface area (TPSA) is 52.1 Å². The number of benzene rings is 1. The van der Waals surface area contributed by atoms with Crippen molar-refractivity contribution in [2.24, 2.45) is 0 Å². The van der Waals surface area contributed by atoms with Crippen LogP contribution < -0.4 is 0 Å². The summed E-state index contributed by atoms with van der Waals surface area (Å²) in [5.41, 5.74) is 7.69. The molecular formula is C23H21ClN2O2. The number of methoxy groups -OCH3 is 1. The third-order valence-electron chi connectivity index (χ3n) is 5.10. The number of rotatable bonds is 5. The number of ether oxygens (including phenoxy) is 1. The molecule has 4 nitrogen and oxygen atoms in total. The van der Waals surface area contributed by atoms with Crippen molar-refractivity contribution in [3.05, 3.63) is 81.8 Å². The Morgan fingerprint density at radius 1 is 1.18 bits per heavy atom. The number of hydrogen-bond acceptors (Lipinski definition) is 4. The van der Waals surface area contributed by atoms with Crippen molar-refractivity contribution in [1.29, 1.82) is 0 Å². The fourth-order valence-electron chi connectivity index (χ4n) is 3.68. The van der Waals surface area contributed by atoms with Gasteiger partial charge < -0.3 is 4.74 Å². The van der Waals surface area contributed by atoms with Crippen molar-refractivity contribution >= 4 is 17.6 Å². The third-order valence-corrected chi connectivity index (χ3v) is 5.33. The van der Waals surface area contributed by atoms with Crippen LogP contribution in [0.2, 0.25) is 5.02 Å². The molecule has 0 amide bonds. The second kappa shape index (κ2) is 8.11. The minimum Gasteiger partial charge on any atom is -0.469 e. The van der Waals surface area contributed by atoms with E-state index in [1.807, 2.05) is 42.6 Å². The molecule has 4 rings (SSSR count). The molecule has 142 valence electrons. The van der Waals surface area contributed by atoms with Gasteiger partial charge in [0.15, 0.2) is 0 Å². The number of halogens is 1. The highest BCUT2D eigenvalue weighted by atomic mass is 35.5. The zero-order valence-corrected chi connectivity index (χ0v) is 16.5. The SMILES string of the molecule is COC(=O)Cc1ccc(Cc2cc(-c3cccc(Cl)c3)nc3c2CCC3)cn1. The van der Waals surface area contributed by atoms with E-state index in [0.29, 0.717) is 5.02 Å². The predicted octanol–water partition coefficient (Wildman–Crippen LogP) is 4.59. The Labute approximate surface area is 169 Å². The Morgan fingerprint density at radius 3 is 2.82 bits per heavy atom. The van der Waals surface area contributed by atoms with Crippen LogP contribution in [0.5, 0.6) is 0 Å². The van der Waals surface area contributed by atoms with E-state index in [1.54, 1.807) is 0 Å². The Balaban J connectivity index is 1.63. The molecule has 1 aliphatic carbocycles.